The lowest BCUT2D eigenvalue weighted by Gasteiger charge is -1.92. The van der Waals surface area contributed by atoms with Crippen molar-refractivity contribution in [2.45, 2.75) is 0 Å². The van der Waals surface area contributed by atoms with E-state index in [-0.39, 0.29) is 0 Å². The summed E-state index contributed by atoms with van der Waals surface area (Å²) in [5, 5.41) is 7.89. The van der Waals surface area contributed by atoms with Crippen molar-refractivity contribution in [1.29, 1.82) is 0 Å². The highest BCUT2D eigenvalue weighted by molar-refractivity contribution is 5.55. The molecule has 0 radical (unpaired) electrons. The lowest BCUT2D eigenvalue weighted by Crippen LogP contribution is -1.81. The molecule has 3 heterocycles. The SMILES string of the molecule is c1cncc(-c2nnc(-c3cncnc3)o2)c1. The molecule has 3 aromatic rings. The maximum absolute atomic E-state index is 5.51. The van der Waals surface area contributed by atoms with Gasteiger partial charge in [0.25, 0.3) is 5.89 Å². The van der Waals surface area contributed by atoms with Crippen LogP contribution in [0.5, 0.6) is 0 Å². The van der Waals surface area contributed by atoms with Gasteiger partial charge in [-0.3, -0.25) is 4.98 Å². The maximum atomic E-state index is 5.51. The summed E-state index contributed by atoms with van der Waals surface area (Å²) in [5.41, 5.74) is 1.47. The van der Waals surface area contributed by atoms with Crippen molar-refractivity contribution in [2.75, 3.05) is 0 Å². The first-order valence-electron chi connectivity index (χ1n) is 4.93. The van der Waals surface area contributed by atoms with Gasteiger partial charge in [0.1, 0.15) is 6.33 Å². The van der Waals surface area contributed by atoms with Crippen LogP contribution in [0.2, 0.25) is 0 Å². The summed E-state index contributed by atoms with van der Waals surface area (Å²) < 4.78 is 5.51. The van der Waals surface area contributed by atoms with Gasteiger partial charge in [-0.15, -0.1) is 10.2 Å². The maximum Gasteiger partial charge on any atom is 0.251 e. The van der Waals surface area contributed by atoms with Crippen LogP contribution < -0.4 is 0 Å². The van der Waals surface area contributed by atoms with Crippen molar-refractivity contribution in [3.63, 3.8) is 0 Å². The minimum Gasteiger partial charge on any atom is -0.416 e. The number of aromatic nitrogens is 5. The van der Waals surface area contributed by atoms with E-state index in [0.717, 1.165) is 5.56 Å². The second kappa shape index (κ2) is 4.09. The van der Waals surface area contributed by atoms with Crippen LogP contribution in [-0.4, -0.2) is 25.1 Å². The van der Waals surface area contributed by atoms with E-state index in [1.54, 1.807) is 24.8 Å². The zero-order valence-electron chi connectivity index (χ0n) is 8.69. The van der Waals surface area contributed by atoms with Gasteiger partial charge in [-0.2, -0.15) is 0 Å². The van der Waals surface area contributed by atoms with E-state index in [9.17, 15) is 0 Å². The van der Waals surface area contributed by atoms with Gasteiger partial charge in [0.15, 0.2) is 0 Å². The Hall–Kier alpha value is -2.63. The van der Waals surface area contributed by atoms with Crippen molar-refractivity contribution < 1.29 is 4.42 Å². The Bertz CT molecular complexity index is 554. The Morgan fingerprint density at radius 2 is 1.53 bits per heavy atom. The molecule has 0 saturated heterocycles. The summed E-state index contributed by atoms with van der Waals surface area (Å²) in [4.78, 5) is 11.8. The monoisotopic (exact) mass is 225 g/mol. The number of nitrogens with zero attached hydrogens (tertiary/aromatic N) is 5. The van der Waals surface area contributed by atoms with E-state index >= 15 is 0 Å². The molecule has 0 aliphatic carbocycles. The number of hydrogen-bond donors (Lipinski definition) is 0. The predicted octanol–water partition coefficient (Wildman–Crippen LogP) is 1.59. The molecule has 6 heteroatoms. The highest BCUT2D eigenvalue weighted by Crippen LogP contribution is 2.21. The molecule has 3 aromatic heterocycles. The molecule has 0 unspecified atom stereocenters. The second-order valence-electron chi connectivity index (χ2n) is 3.28. The van der Waals surface area contributed by atoms with Crippen LogP contribution in [0, 0.1) is 0 Å². The Balaban J connectivity index is 1.99. The first kappa shape index (κ1) is 9.59. The first-order chi connectivity index (χ1) is 8.43. The summed E-state index contributed by atoms with van der Waals surface area (Å²) in [7, 11) is 0. The molecule has 0 N–H and O–H groups in total. The summed E-state index contributed by atoms with van der Waals surface area (Å²) in [6, 6.07) is 3.66. The van der Waals surface area contributed by atoms with Gasteiger partial charge in [-0.1, -0.05) is 0 Å². The molecule has 0 aliphatic rings. The Morgan fingerprint density at radius 3 is 2.24 bits per heavy atom. The van der Waals surface area contributed by atoms with E-state index in [1.807, 2.05) is 12.1 Å². The van der Waals surface area contributed by atoms with Crippen LogP contribution >= 0.6 is 0 Å². The van der Waals surface area contributed by atoms with Crippen LogP contribution in [-0.2, 0) is 0 Å². The van der Waals surface area contributed by atoms with Crippen LogP contribution in [0.25, 0.3) is 22.9 Å². The van der Waals surface area contributed by atoms with Gasteiger partial charge >= 0.3 is 0 Å². The highest BCUT2D eigenvalue weighted by Gasteiger charge is 2.10. The molecular weight excluding hydrogens is 218 g/mol. The molecule has 0 saturated carbocycles. The minimum absolute atomic E-state index is 0.393. The van der Waals surface area contributed by atoms with Gasteiger partial charge in [0.2, 0.25) is 5.89 Å². The van der Waals surface area contributed by atoms with Crippen LogP contribution in [0.3, 0.4) is 0 Å². The van der Waals surface area contributed by atoms with Gasteiger partial charge in [0.05, 0.1) is 11.1 Å². The molecule has 0 aliphatic heterocycles. The zero-order valence-corrected chi connectivity index (χ0v) is 8.69. The normalized spacial score (nSPS) is 10.4. The molecular formula is C11H7N5O. The van der Waals surface area contributed by atoms with Gasteiger partial charge < -0.3 is 4.42 Å². The van der Waals surface area contributed by atoms with E-state index in [0.29, 0.717) is 17.3 Å². The average Bonchev–Trinajstić information content (AvgIpc) is 2.90. The lowest BCUT2D eigenvalue weighted by molar-refractivity contribution is 0.583. The standard InChI is InChI=1S/C11H7N5O/c1-2-8(4-12-3-1)10-15-16-11(17-10)9-5-13-7-14-6-9/h1-7H. The predicted molar refractivity (Wildman–Crippen MR) is 58.6 cm³/mol. The number of rotatable bonds is 2. The van der Waals surface area contributed by atoms with E-state index in [4.69, 9.17) is 4.42 Å². The van der Waals surface area contributed by atoms with Crippen molar-refractivity contribution in [1.82, 2.24) is 25.1 Å². The van der Waals surface area contributed by atoms with Crippen LogP contribution in [0.1, 0.15) is 0 Å². The summed E-state index contributed by atoms with van der Waals surface area (Å²) in [6.07, 6.45) is 8.04. The van der Waals surface area contributed by atoms with E-state index in [1.165, 1.54) is 6.33 Å². The van der Waals surface area contributed by atoms with E-state index in [2.05, 4.69) is 25.1 Å². The fourth-order valence-electron chi connectivity index (χ4n) is 1.36. The fourth-order valence-corrected chi connectivity index (χ4v) is 1.36. The smallest absolute Gasteiger partial charge is 0.251 e. The second-order valence-corrected chi connectivity index (χ2v) is 3.28. The lowest BCUT2D eigenvalue weighted by atomic mass is 10.3. The van der Waals surface area contributed by atoms with Crippen molar-refractivity contribution in [2.24, 2.45) is 0 Å². The van der Waals surface area contributed by atoms with E-state index < -0.39 is 0 Å². The summed E-state index contributed by atoms with van der Waals surface area (Å²) in [6.45, 7) is 0. The third-order valence-corrected chi connectivity index (χ3v) is 2.14. The quantitative estimate of drug-likeness (QED) is 0.659. The molecule has 17 heavy (non-hydrogen) atoms. The number of hydrogen-bond acceptors (Lipinski definition) is 6. The van der Waals surface area contributed by atoms with Crippen LogP contribution in [0.4, 0.5) is 0 Å². The Morgan fingerprint density at radius 1 is 0.824 bits per heavy atom. The third kappa shape index (κ3) is 1.87. The topological polar surface area (TPSA) is 77.6 Å². The van der Waals surface area contributed by atoms with Crippen LogP contribution in [0.15, 0.2) is 47.7 Å². The molecule has 0 amide bonds. The van der Waals surface area contributed by atoms with Gasteiger partial charge in [-0.25, -0.2) is 9.97 Å². The highest BCUT2D eigenvalue weighted by atomic mass is 16.4. The summed E-state index contributed by atoms with van der Waals surface area (Å²) >= 11 is 0. The zero-order chi connectivity index (χ0) is 11.5. The Labute approximate surface area is 96.4 Å². The average molecular weight is 225 g/mol. The van der Waals surface area contributed by atoms with Gasteiger partial charge in [0, 0.05) is 24.8 Å². The molecule has 3 rings (SSSR count). The third-order valence-electron chi connectivity index (χ3n) is 2.14. The number of pyridine rings is 1. The fraction of sp³-hybridized carbons (Fsp3) is 0. The first-order valence-corrected chi connectivity index (χ1v) is 4.93. The van der Waals surface area contributed by atoms with Crippen molar-refractivity contribution in [3.05, 3.63) is 43.2 Å². The molecule has 0 bridgehead atoms. The molecule has 0 atom stereocenters. The van der Waals surface area contributed by atoms with Crippen molar-refractivity contribution >= 4 is 0 Å². The van der Waals surface area contributed by atoms with Crippen molar-refractivity contribution in [3.8, 4) is 22.9 Å². The molecule has 0 fully saturated rings. The Kier molecular flexibility index (Phi) is 2.31. The molecule has 0 spiro atoms. The minimum atomic E-state index is 0.393. The van der Waals surface area contributed by atoms with Gasteiger partial charge in [-0.05, 0) is 12.1 Å². The largest absolute Gasteiger partial charge is 0.416 e. The molecule has 6 nitrogen and oxygen atoms in total. The molecule has 0 aromatic carbocycles. The summed E-state index contributed by atoms with van der Waals surface area (Å²) in [5.74, 6) is 0.821. The molecule has 82 valence electrons.